The topological polar surface area (TPSA) is 104 Å². The Kier molecular flexibility index (Phi) is 3.40. The summed E-state index contributed by atoms with van der Waals surface area (Å²) >= 11 is 5.29. The standard InChI is InChI=1S/C17H10N4O3S/c22-14-9-6-5-8(7-11(9)16(24)21-14)18-17(25)13-19-12-4-2-1-3-10(12)15(23)20-13/h1-7H,(H,18,25)(H,19,20,23)(H,21,22,24). The van der Waals surface area contributed by atoms with E-state index in [9.17, 15) is 14.4 Å². The molecule has 1 aromatic heterocycles. The second-order valence-electron chi connectivity index (χ2n) is 5.43. The summed E-state index contributed by atoms with van der Waals surface area (Å²) in [5, 5.41) is 5.62. The summed E-state index contributed by atoms with van der Waals surface area (Å²) in [4.78, 5) is 42.6. The number of amides is 2. The SMILES string of the molecule is O=C1NC(=O)c2cc(NC(=S)c3nc4ccccc4c(=O)[nH]3)ccc21. The van der Waals surface area contributed by atoms with Gasteiger partial charge in [0.05, 0.1) is 22.0 Å². The normalized spacial score (nSPS) is 12.8. The number of fused-ring (bicyclic) bond motifs is 2. The fourth-order valence-corrected chi connectivity index (χ4v) is 2.84. The number of aromatic amines is 1. The van der Waals surface area contributed by atoms with Gasteiger partial charge in [0.15, 0.2) is 5.82 Å². The molecule has 1 aliphatic heterocycles. The Labute approximate surface area is 146 Å². The number of nitrogens with one attached hydrogen (secondary N) is 3. The highest BCUT2D eigenvalue weighted by Crippen LogP contribution is 2.20. The second-order valence-corrected chi connectivity index (χ2v) is 5.84. The molecule has 2 aromatic carbocycles. The fraction of sp³-hybridized carbons (Fsp3) is 0. The summed E-state index contributed by atoms with van der Waals surface area (Å²) in [6.07, 6.45) is 0. The Morgan fingerprint density at radius 1 is 1.00 bits per heavy atom. The monoisotopic (exact) mass is 350 g/mol. The van der Waals surface area contributed by atoms with Crippen LogP contribution in [0, 0.1) is 0 Å². The zero-order chi connectivity index (χ0) is 17.6. The van der Waals surface area contributed by atoms with Gasteiger partial charge in [0.25, 0.3) is 17.4 Å². The number of nitrogens with zero attached hydrogens (tertiary/aromatic N) is 1. The second kappa shape index (κ2) is 5.60. The van der Waals surface area contributed by atoms with Gasteiger partial charge in [-0.3, -0.25) is 19.7 Å². The van der Waals surface area contributed by atoms with Gasteiger partial charge < -0.3 is 10.3 Å². The molecule has 25 heavy (non-hydrogen) atoms. The minimum Gasteiger partial charge on any atom is -0.343 e. The Morgan fingerprint density at radius 2 is 1.76 bits per heavy atom. The molecule has 3 N–H and O–H groups in total. The molecule has 0 aliphatic carbocycles. The van der Waals surface area contributed by atoms with Crippen LogP contribution in [0.2, 0.25) is 0 Å². The number of hydrogen-bond acceptors (Lipinski definition) is 5. The van der Waals surface area contributed by atoms with Crippen molar-refractivity contribution in [1.82, 2.24) is 15.3 Å². The van der Waals surface area contributed by atoms with Gasteiger partial charge in [0.2, 0.25) is 0 Å². The number of anilines is 1. The van der Waals surface area contributed by atoms with Crippen LogP contribution < -0.4 is 16.2 Å². The van der Waals surface area contributed by atoms with Crippen LogP contribution in [0.15, 0.2) is 47.3 Å². The molecular weight excluding hydrogens is 340 g/mol. The van der Waals surface area contributed by atoms with Gasteiger partial charge in [-0.25, -0.2) is 4.98 Å². The predicted octanol–water partition coefficient (Wildman–Crippen LogP) is 1.59. The molecular formula is C17H10N4O3S. The third-order valence-corrected chi connectivity index (χ3v) is 4.12. The lowest BCUT2D eigenvalue weighted by atomic mass is 10.1. The van der Waals surface area contributed by atoms with Crippen molar-refractivity contribution in [3.63, 3.8) is 0 Å². The van der Waals surface area contributed by atoms with Gasteiger partial charge in [-0.05, 0) is 30.3 Å². The van der Waals surface area contributed by atoms with E-state index in [2.05, 4.69) is 20.6 Å². The molecule has 0 saturated carbocycles. The van der Waals surface area contributed by atoms with Gasteiger partial charge in [0.1, 0.15) is 4.99 Å². The summed E-state index contributed by atoms with van der Waals surface area (Å²) in [6, 6.07) is 11.6. The number of hydrogen-bond donors (Lipinski definition) is 3. The Morgan fingerprint density at radius 3 is 2.60 bits per heavy atom. The molecule has 0 unspecified atom stereocenters. The smallest absolute Gasteiger partial charge is 0.259 e. The van der Waals surface area contributed by atoms with Crippen molar-refractivity contribution in [2.45, 2.75) is 0 Å². The van der Waals surface area contributed by atoms with E-state index in [0.717, 1.165) is 0 Å². The van der Waals surface area contributed by atoms with Gasteiger partial charge in [0, 0.05) is 5.69 Å². The highest BCUT2D eigenvalue weighted by atomic mass is 32.1. The first-order chi connectivity index (χ1) is 12.0. The number of para-hydroxylation sites is 1. The summed E-state index contributed by atoms with van der Waals surface area (Å²) in [6.45, 7) is 0. The maximum atomic E-state index is 12.1. The number of benzene rings is 2. The maximum Gasteiger partial charge on any atom is 0.259 e. The predicted molar refractivity (Wildman–Crippen MR) is 95.9 cm³/mol. The number of carbonyl (C=O) groups excluding carboxylic acids is 2. The van der Waals surface area contributed by atoms with E-state index in [1.54, 1.807) is 30.3 Å². The van der Waals surface area contributed by atoms with Crippen LogP contribution in [0.4, 0.5) is 5.69 Å². The number of H-pyrrole nitrogens is 1. The fourth-order valence-electron chi connectivity index (χ4n) is 2.63. The lowest BCUT2D eigenvalue weighted by Crippen LogP contribution is -2.20. The molecule has 122 valence electrons. The first-order valence-electron chi connectivity index (χ1n) is 7.33. The zero-order valence-corrected chi connectivity index (χ0v) is 13.4. The Bertz CT molecular complexity index is 1140. The van der Waals surface area contributed by atoms with Crippen LogP contribution in [-0.2, 0) is 0 Å². The van der Waals surface area contributed by atoms with Crippen LogP contribution in [-0.4, -0.2) is 26.8 Å². The minimum atomic E-state index is -0.452. The van der Waals surface area contributed by atoms with E-state index in [-0.39, 0.29) is 21.9 Å². The minimum absolute atomic E-state index is 0.201. The summed E-state index contributed by atoms with van der Waals surface area (Å²) in [7, 11) is 0. The molecule has 0 saturated heterocycles. The van der Waals surface area contributed by atoms with Crippen LogP contribution in [0.5, 0.6) is 0 Å². The number of rotatable bonds is 2. The first kappa shape index (κ1) is 15.2. The van der Waals surface area contributed by atoms with Gasteiger partial charge >= 0.3 is 0 Å². The average molecular weight is 350 g/mol. The zero-order valence-electron chi connectivity index (χ0n) is 12.6. The van der Waals surface area contributed by atoms with Gasteiger partial charge in [-0.1, -0.05) is 24.4 Å². The Balaban J connectivity index is 1.67. The van der Waals surface area contributed by atoms with Gasteiger partial charge in [-0.2, -0.15) is 0 Å². The molecule has 4 rings (SSSR count). The largest absolute Gasteiger partial charge is 0.343 e. The summed E-state index contributed by atoms with van der Waals surface area (Å²) < 4.78 is 0. The van der Waals surface area contributed by atoms with Crippen LogP contribution in [0.3, 0.4) is 0 Å². The summed E-state index contributed by atoms with van der Waals surface area (Å²) in [5.41, 5.74) is 1.36. The molecule has 0 radical (unpaired) electrons. The van der Waals surface area contributed by atoms with Crippen molar-refractivity contribution in [3.8, 4) is 0 Å². The van der Waals surface area contributed by atoms with Crippen LogP contribution in [0.1, 0.15) is 26.5 Å². The number of aromatic nitrogens is 2. The molecule has 0 spiro atoms. The quantitative estimate of drug-likeness (QED) is 0.479. The van der Waals surface area contributed by atoms with Crippen LogP contribution >= 0.6 is 12.2 Å². The maximum absolute atomic E-state index is 12.1. The number of carbonyl (C=O) groups is 2. The van der Waals surface area contributed by atoms with E-state index in [1.165, 1.54) is 12.1 Å². The van der Waals surface area contributed by atoms with E-state index in [1.807, 2.05) is 0 Å². The molecule has 2 amide bonds. The van der Waals surface area contributed by atoms with Crippen molar-refractivity contribution in [2.24, 2.45) is 0 Å². The molecule has 0 bridgehead atoms. The third-order valence-electron chi connectivity index (χ3n) is 3.82. The number of imide groups is 1. The van der Waals surface area contributed by atoms with E-state index < -0.39 is 11.8 Å². The first-order valence-corrected chi connectivity index (χ1v) is 7.74. The average Bonchev–Trinajstić information content (AvgIpc) is 2.89. The van der Waals surface area contributed by atoms with Crippen molar-refractivity contribution >= 4 is 45.6 Å². The van der Waals surface area contributed by atoms with Crippen molar-refractivity contribution < 1.29 is 9.59 Å². The lowest BCUT2D eigenvalue weighted by Gasteiger charge is -2.09. The van der Waals surface area contributed by atoms with Gasteiger partial charge in [-0.15, -0.1) is 0 Å². The highest BCUT2D eigenvalue weighted by molar-refractivity contribution is 7.81. The highest BCUT2D eigenvalue weighted by Gasteiger charge is 2.26. The van der Waals surface area contributed by atoms with Crippen molar-refractivity contribution in [3.05, 3.63) is 69.8 Å². The summed E-state index contributed by atoms with van der Waals surface area (Å²) in [5.74, 6) is -0.652. The van der Waals surface area contributed by atoms with E-state index >= 15 is 0 Å². The molecule has 0 atom stereocenters. The van der Waals surface area contributed by atoms with E-state index in [0.29, 0.717) is 22.2 Å². The molecule has 1 aliphatic rings. The molecule has 8 heteroatoms. The number of thiocarbonyl (C=S) groups is 1. The Hall–Kier alpha value is -3.39. The third kappa shape index (κ3) is 2.58. The van der Waals surface area contributed by atoms with Crippen LogP contribution in [0.25, 0.3) is 10.9 Å². The van der Waals surface area contributed by atoms with E-state index in [4.69, 9.17) is 12.2 Å². The molecule has 0 fully saturated rings. The molecule has 7 nitrogen and oxygen atoms in total. The molecule has 3 aromatic rings. The lowest BCUT2D eigenvalue weighted by molar-refractivity contribution is 0.0879. The van der Waals surface area contributed by atoms with Crippen molar-refractivity contribution in [2.75, 3.05) is 5.32 Å². The van der Waals surface area contributed by atoms with Crippen molar-refractivity contribution in [1.29, 1.82) is 0 Å². The molecule has 2 heterocycles.